The number of carboxylic acid groups (broad SMARTS) is 1. The number of carbonyl (C=O) groups excluding carboxylic acids is 1. The van der Waals surface area contributed by atoms with Crippen molar-refractivity contribution in [1.29, 1.82) is 0 Å². The van der Waals surface area contributed by atoms with E-state index in [0.717, 1.165) is 11.1 Å². The molecule has 0 bridgehead atoms. The predicted octanol–water partition coefficient (Wildman–Crippen LogP) is 1.58. The first-order valence-corrected chi connectivity index (χ1v) is 4.45. The quantitative estimate of drug-likeness (QED) is 0.763. The van der Waals surface area contributed by atoms with Crippen molar-refractivity contribution in [3.05, 3.63) is 28.8 Å². The lowest BCUT2D eigenvalue weighted by molar-refractivity contribution is -0.139. The number of hydrogen-bond acceptors (Lipinski definition) is 3. The third-order valence-corrected chi connectivity index (χ3v) is 1.91. The van der Waals surface area contributed by atoms with Crippen molar-refractivity contribution in [2.75, 3.05) is 6.61 Å². The number of aryl methyl sites for hydroxylation is 2. The maximum absolute atomic E-state index is 10.7. The van der Waals surface area contributed by atoms with Gasteiger partial charge in [0.25, 0.3) is 0 Å². The molecule has 15 heavy (non-hydrogen) atoms. The van der Waals surface area contributed by atoms with E-state index in [9.17, 15) is 9.59 Å². The highest BCUT2D eigenvalue weighted by atomic mass is 16.5. The molecule has 0 fully saturated rings. The number of hydrogen-bond donors (Lipinski definition) is 1. The minimum atomic E-state index is -1.06. The maximum Gasteiger partial charge on any atom is 0.341 e. The Labute approximate surface area is 87.5 Å². The Balaban J connectivity index is 3.04. The van der Waals surface area contributed by atoms with Gasteiger partial charge in [-0.1, -0.05) is 6.07 Å². The van der Waals surface area contributed by atoms with Crippen molar-refractivity contribution in [2.24, 2.45) is 0 Å². The summed E-state index contributed by atoms with van der Waals surface area (Å²) in [6.07, 6.45) is 0.664. The summed E-state index contributed by atoms with van der Waals surface area (Å²) < 4.78 is 5.04. The standard InChI is InChI=1S/C11H12O4/c1-7-3-8(2)11(9(4-7)5-12)15-6-10(13)14/h3-5H,6H2,1-2H3,(H,13,14). The summed E-state index contributed by atoms with van der Waals surface area (Å²) in [6.45, 7) is 3.20. The Morgan fingerprint density at radius 1 is 1.47 bits per heavy atom. The minimum absolute atomic E-state index is 0.345. The molecule has 0 atom stereocenters. The highest BCUT2D eigenvalue weighted by Crippen LogP contribution is 2.23. The summed E-state index contributed by atoms with van der Waals surface area (Å²) in [5.41, 5.74) is 2.09. The van der Waals surface area contributed by atoms with E-state index >= 15 is 0 Å². The number of carbonyl (C=O) groups is 2. The van der Waals surface area contributed by atoms with Gasteiger partial charge in [-0.3, -0.25) is 4.79 Å². The maximum atomic E-state index is 10.7. The highest BCUT2D eigenvalue weighted by molar-refractivity contribution is 5.81. The molecule has 1 aromatic carbocycles. The molecule has 0 saturated carbocycles. The average Bonchev–Trinajstić information content (AvgIpc) is 2.14. The van der Waals surface area contributed by atoms with Gasteiger partial charge in [-0.25, -0.2) is 4.79 Å². The van der Waals surface area contributed by atoms with E-state index in [4.69, 9.17) is 9.84 Å². The Morgan fingerprint density at radius 3 is 2.67 bits per heavy atom. The van der Waals surface area contributed by atoms with Crippen LogP contribution in [-0.2, 0) is 4.79 Å². The predicted molar refractivity (Wildman–Crippen MR) is 54.4 cm³/mol. The number of carboxylic acids is 1. The fourth-order valence-corrected chi connectivity index (χ4v) is 1.41. The van der Waals surface area contributed by atoms with Gasteiger partial charge in [0, 0.05) is 0 Å². The lowest BCUT2D eigenvalue weighted by atomic mass is 10.1. The van der Waals surface area contributed by atoms with Gasteiger partial charge in [0.1, 0.15) is 5.75 Å². The Morgan fingerprint density at radius 2 is 2.13 bits per heavy atom. The number of aliphatic carboxylic acids is 1. The third-order valence-electron chi connectivity index (χ3n) is 1.91. The molecule has 1 N–H and O–H groups in total. The zero-order valence-electron chi connectivity index (χ0n) is 8.61. The molecule has 0 aliphatic carbocycles. The number of benzene rings is 1. The first-order chi connectivity index (χ1) is 7.04. The number of ether oxygens (including phenoxy) is 1. The summed E-state index contributed by atoms with van der Waals surface area (Å²) in [6, 6.07) is 3.50. The van der Waals surface area contributed by atoms with Crippen LogP contribution >= 0.6 is 0 Å². The van der Waals surface area contributed by atoms with E-state index in [1.165, 1.54) is 0 Å². The van der Waals surface area contributed by atoms with E-state index in [-0.39, 0.29) is 0 Å². The summed E-state index contributed by atoms with van der Waals surface area (Å²) >= 11 is 0. The molecule has 0 unspecified atom stereocenters. The van der Waals surface area contributed by atoms with Crippen molar-refractivity contribution >= 4 is 12.3 Å². The summed E-state index contributed by atoms with van der Waals surface area (Å²) in [4.78, 5) is 21.1. The lowest BCUT2D eigenvalue weighted by Gasteiger charge is -2.10. The smallest absolute Gasteiger partial charge is 0.341 e. The molecule has 1 aromatic rings. The van der Waals surface area contributed by atoms with Crippen molar-refractivity contribution in [2.45, 2.75) is 13.8 Å². The Hall–Kier alpha value is -1.84. The van der Waals surface area contributed by atoms with Crippen molar-refractivity contribution in [3.8, 4) is 5.75 Å². The SMILES string of the molecule is Cc1cc(C)c(OCC(=O)O)c(C=O)c1. The summed E-state index contributed by atoms with van der Waals surface area (Å²) in [5, 5.41) is 8.47. The first-order valence-electron chi connectivity index (χ1n) is 4.45. The molecular formula is C11H12O4. The lowest BCUT2D eigenvalue weighted by Crippen LogP contribution is -2.11. The van der Waals surface area contributed by atoms with Crippen LogP contribution in [0.2, 0.25) is 0 Å². The Bertz CT molecular complexity index is 396. The van der Waals surface area contributed by atoms with E-state index in [2.05, 4.69) is 0 Å². The van der Waals surface area contributed by atoms with Gasteiger partial charge in [0.15, 0.2) is 12.9 Å². The molecular weight excluding hydrogens is 196 g/mol. The van der Waals surface area contributed by atoms with Crippen molar-refractivity contribution < 1.29 is 19.4 Å². The van der Waals surface area contributed by atoms with Gasteiger partial charge in [-0.15, -0.1) is 0 Å². The van der Waals surface area contributed by atoms with Crippen LogP contribution < -0.4 is 4.74 Å². The molecule has 4 nitrogen and oxygen atoms in total. The van der Waals surface area contributed by atoms with Crippen LogP contribution in [0, 0.1) is 13.8 Å². The molecule has 80 valence electrons. The first kappa shape index (κ1) is 11.2. The van der Waals surface area contributed by atoms with Crippen LogP contribution in [0.5, 0.6) is 5.75 Å². The molecule has 0 radical (unpaired) electrons. The van der Waals surface area contributed by atoms with Gasteiger partial charge >= 0.3 is 5.97 Å². The number of rotatable bonds is 4. The van der Waals surface area contributed by atoms with Crippen molar-refractivity contribution in [1.82, 2.24) is 0 Å². The largest absolute Gasteiger partial charge is 0.481 e. The zero-order chi connectivity index (χ0) is 11.4. The fraction of sp³-hybridized carbons (Fsp3) is 0.273. The van der Waals surface area contributed by atoms with Crippen molar-refractivity contribution in [3.63, 3.8) is 0 Å². The molecule has 0 amide bonds. The highest BCUT2D eigenvalue weighted by Gasteiger charge is 2.09. The van der Waals surface area contributed by atoms with Crippen LogP contribution in [0.4, 0.5) is 0 Å². The average molecular weight is 208 g/mol. The van der Waals surface area contributed by atoms with Crippen LogP contribution in [0.15, 0.2) is 12.1 Å². The van der Waals surface area contributed by atoms with E-state index < -0.39 is 12.6 Å². The third kappa shape index (κ3) is 2.80. The van der Waals surface area contributed by atoms with Gasteiger partial charge in [-0.2, -0.15) is 0 Å². The minimum Gasteiger partial charge on any atom is -0.481 e. The molecule has 0 aliphatic heterocycles. The second kappa shape index (κ2) is 4.59. The van der Waals surface area contributed by atoms with Gasteiger partial charge in [0.05, 0.1) is 5.56 Å². The van der Waals surface area contributed by atoms with E-state index in [1.807, 2.05) is 13.0 Å². The van der Waals surface area contributed by atoms with Crippen LogP contribution in [0.3, 0.4) is 0 Å². The molecule has 0 aromatic heterocycles. The van der Waals surface area contributed by atoms with Crippen LogP contribution in [0.25, 0.3) is 0 Å². The monoisotopic (exact) mass is 208 g/mol. The topological polar surface area (TPSA) is 63.6 Å². The van der Waals surface area contributed by atoms with Gasteiger partial charge in [0.2, 0.25) is 0 Å². The van der Waals surface area contributed by atoms with Crippen LogP contribution in [-0.4, -0.2) is 24.0 Å². The fourth-order valence-electron chi connectivity index (χ4n) is 1.41. The normalized spacial score (nSPS) is 9.73. The second-order valence-electron chi connectivity index (χ2n) is 3.30. The summed E-state index contributed by atoms with van der Waals surface area (Å²) in [7, 11) is 0. The number of aldehydes is 1. The van der Waals surface area contributed by atoms with E-state index in [1.54, 1.807) is 13.0 Å². The molecule has 1 rings (SSSR count). The zero-order valence-corrected chi connectivity index (χ0v) is 8.61. The van der Waals surface area contributed by atoms with E-state index in [0.29, 0.717) is 17.6 Å². The van der Waals surface area contributed by atoms with Crippen LogP contribution in [0.1, 0.15) is 21.5 Å². The molecule has 0 heterocycles. The molecule has 4 heteroatoms. The van der Waals surface area contributed by atoms with Gasteiger partial charge in [-0.05, 0) is 31.0 Å². The second-order valence-corrected chi connectivity index (χ2v) is 3.30. The molecule has 0 aliphatic rings. The summed E-state index contributed by atoms with van der Waals surface area (Å²) in [5.74, 6) is -0.718. The van der Waals surface area contributed by atoms with Gasteiger partial charge < -0.3 is 9.84 Å². The molecule has 0 saturated heterocycles. The Kier molecular flexibility index (Phi) is 3.44. The molecule has 0 spiro atoms.